The summed E-state index contributed by atoms with van der Waals surface area (Å²) in [5, 5.41) is 4.85. The van der Waals surface area contributed by atoms with Crippen LogP contribution in [-0.4, -0.2) is 65.4 Å². The standard InChI is InChI=1S/C24H28N4O5S/c1-3-7-27-15-16(12-20(27)29)24(32)26-8-6-18-22(23(31)25-14-17-5-4-11-34-17)19(33-2)13-21(30)28(18)10-9-26/h3-5,11,13,16H,1,6-10,12,14-15H2,2H3,(H,25,31). The second-order valence-electron chi connectivity index (χ2n) is 8.35. The molecule has 2 aromatic heterocycles. The van der Waals surface area contributed by atoms with Gasteiger partial charge in [-0.15, -0.1) is 17.9 Å². The minimum Gasteiger partial charge on any atom is -0.496 e. The molecule has 34 heavy (non-hydrogen) atoms. The molecule has 180 valence electrons. The fourth-order valence-corrected chi connectivity index (χ4v) is 5.22. The molecule has 1 unspecified atom stereocenters. The number of hydrogen-bond donors (Lipinski definition) is 1. The molecule has 0 aromatic carbocycles. The molecule has 4 rings (SSSR count). The van der Waals surface area contributed by atoms with Crippen molar-refractivity contribution < 1.29 is 19.1 Å². The number of carbonyl (C=O) groups is 3. The summed E-state index contributed by atoms with van der Waals surface area (Å²) in [6.45, 7) is 5.79. The minimum atomic E-state index is -0.409. The van der Waals surface area contributed by atoms with E-state index in [1.807, 2.05) is 17.5 Å². The summed E-state index contributed by atoms with van der Waals surface area (Å²) >= 11 is 1.55. The van der Waals surface area contributed by atoms with Gasteiger partial charge < -0.3 is 24.4 Å². The molecular weight excluding hydrogens is 456 g/mol. The lowest BCUT2D eigenvalue weighted by Gasteiger charge is -2.23. The Morgan fingerprint density at radius 1 is 1.29 bits per heavy atom. The highest BCUT2D eigenvalue weighted by atomic mass is 32.1. The molecule has 1 saturated heterocycles. The van der Waals surface area contributed by atoms with Crippen LogP contribution < -0.4 is 15.6 Å². The molecule has 2 aliphatic heterocycles. The van der Waals surface area contributed by atoms with Crippen molar-refractivity contribution in [2.45, 2.75) is 25.9 Å². The van der Waals surface area contributed by atoms with Gasteiger partial charge in [-0.3, -0.25) is 19.2 Å². The number of ether oxygens (including phenoxy) is 1. The maximum atomic E-state index is 13.2. The zero-order chi connectivity index (χ0) is 24.2. The number of methoxy groups -OCH3 is 1. The topological polar surface area (TPSA) is 101 Å². The van der Waals surface area contributed by atoms with Crippen LogP contribution in [0.25, 0.3) is 0 Å². The first-order valence-electron chi connectivity index (χ1n) is 11.2. The second kappa shape index (κ2) is 10.3. The third-order valence-electron chi connectivity index (χ3n) is 6.27. The predicted molar refractivity (Wildman–Crippen MR) is 128 cm³/mol. The summed E-state index contributed by atoms with van der Waals surface area (Å²) < 4.78 is 6.95. The summed E-state index contributed by atoms with van der Waals surface area (Å²) in [5.74, 6) is -0.664. The van der Waals surface area contributed by atoms with Gasteiger partial charge in [-0.2, -0.15) is 0 Å². The van der Waals surface area contributed by atoms with Crippen molar-refractivity contribution in [3.8, 4) is 5.75 Å². The SMILES string of the molecule is C=CCN1CC(C(=O)N2CCc3c(C(=O)NCc4cccs4)c(OC)cc(=O)n3CC2)CC1=O. The molecule has 0 aliphatic carbocycles. The largest absolute Gasteiger partial charge is 0.496 e. The Morgan fingerprint density at radius 2 is 2.12 bits per heavy atom. The van der Waals surface area contributed by atoms with Crippen molar-refractivity contribution in [3.05, 3.63) is 62.7 Å². The van der Waals surface area contributed by atoms with Gasteiger partial charge in [0.1, 0.15) is 11.3 Å². The third-order valence-corrected chi connectivity index (χ3v) is 7.14. The first-order chi connectivity index (χ1) is 16.4. The van der Waals surface area contributed by atoms with Gasteiger partial charge in [0.25, 0.3) is 11.5 Å². The van der Waals surface area contributed by atoms with Gasteiger partial charge in [-0.05, 0) is 11.4 Å². The van der Waals surface area contributed by atoms with E-state index >= 15 is 0 Å². The van der Waals surface area contributed by atoms with E-state index in [-0.39, 0.29) is 42.0 Å². The number of nitrogens with one attached hydrogen (secondary N) is 1. The van der Waals surface area contributed by atoms with Crippen LogP contribution in [0.4, 0.5) is 0 Å². The van der Waals surface area contributed by atoms with Crippen molar-refractivity contribution >= 4 is 29.1 Å². The van der Waals surface area contributed by atoms with Crippen molar-refractivity contribution in [2.24, 2.45) is 5.92 Å². The fraction of sp³-hybridized carbons (Fsp3) is 0.417. The Balaban J connectivity index is 1.54. The summed E-state index contributed by atoms with van der Waals surface area (Å²) in [4.78, 5) is 55.7. The maximum absolute atomic E-state index is 13.2. The number of thiophene rings is 1. The predicted octanol–water partition coefficient (Wildman–Crippen LogP) is 1.27. The Labute approximate surface area is 201 Å². The smallest absolute Gasteiger partial charge is 0.257 e. The molecule has 0 saturated carbocycles. The lowest BCUT2D eigenvalue weighted by molar-refractivity contribution is -0.135. The van der Waals surface area contributed by atoms with E-state index in [0.29, 0.717) is 50.4 Å². The van der Waals surface area contributed by atoms with Gasteiger partial charge in [0.05, 0.1) is 19.6 Å². The van der Waals surface area contributed by atoms with E-state index in [1.165, 1.54) is 13.2 Å². The number of rotatable bonds is 7. The van der Waals surface area contributed by atoms with Gasteiger partial charge >= 0.3 is 0 Å². The quantitative estimate of drug-likeness (QED) is 0.597. The second-order valence-corrected chi connectivity index (χ2v) is 9.38. The molecule has 0 spiro atoms. The molecular formula is C24H28N4O5S. The molecule has 0 radical (unpaired) electrons. The van der Waals surface area contributed by atoms with Crippen LogP contribution in [0.3, 0.4) is 0 Å². The molecule has 1 fully saturated rings. The molecule has 4 heterocycles. The molecule has 2 aromatic rings. The molecule has 2 aliphatic rings. The third kappa shape index (κ3) is 4.77. The molecule has 0 bridgehead atoms. The zero-order valence-electron chi connectivity index (χ0n) is 19.1. The first kappa shape index (κ1) is 23.7. The number of aromatic nitrogens is 1. The normalized spacial score (nSPS) is 17.8. The van der Waals surface area contributed by atoms with E-state index in [0.717, 1.165) is 4.88 Å². The van der Waals surface area contributed by atoms with Crippen LogP contribution >= 0.6 is 11.3 Å². The summed E-state index contributed by atoms with van der Waals surface area (Å²) in [5.41, 5.74) is 0.601. The molecule has 1 atom stereocenters. The van der Waals surface area contributed by atoms with E-state index in [4.69, 9.17) is 4.74 Å². The van der Waals surface area contributed by atoms with Crippen LogP contribution in [0.5, 0.6) is 5.75 Å². The number of pyridine rings is 1. The lowest BCUT2D eigenvalue weighted by atomic mass is 10.1. The number of fused-ring (bicyclic) bond motifs is 1. The Hall–Kier alpha value is -3.40. The van der Waals surface area contributed by atoms with E-state index in [1.54, 1.807) is 31.8 Å². The van der Waals surface area contributed by atoms with E-state index < -0.39 is 5.92 Å². The lowest BCUT2D eigenvalue weighted by Crippen LogP contribution is -2.39. The minimum absolute atomic E-state index is 0.0537. The molecule has 1 N–H and O–H groups in total. The van der Waals surface area contributed by atoms with Crippen molar-refractivity contribution in [3.63, 3.8) is 0 Å². The Bertz CT molecular complexity index is 1160. The first-order valence-corrected chi connectivity index (χ1v) is 12.1. The van der Waals surface area contributed by atoms with Gasteiger partial charge in [-0.25, -0.2) is 0 Å². The Kier molecular flexibility index (Phi) is 7.16. The van der Waals surface area contributed by atoms with Gasteiger partial charge in [-0.1, -0.05) is 12.1 Å². The van der Waals surface area contributed by atoms with Gasteiger partial charge in [0.2, 0.25) is 11.8 Å². The van der Waals surface area contributed by atoms with Gasteiger partial charge in [0, 0.05) is 62.2 Å². The maximum Gasteiger partial charge on any atom is 0.257 e. The Morgan fingerprint density at radius 3 is 2.82 bits per heavy atom. The van der Waals surface area contributed by atoms with Crippen LogP contribution in [0.1, 0.15) is 27.3 Å². The number of nitrogens with zero attached hydrogens (tertiary/aromatic N) is 3. The van der Waals surface area contributed by atoms with Crippen LogP contribution in [0, 0.1) is 5.92 Å². The van der Waals surface area contributed by atoms with E-state index in [2.05, 4.69) is 11.9 Å². The summed E-state index contributed by atoms with van der Waals surface area (Å²) in [6, 6.07) is 5.18. The molecule has 3 amide bonds. The van der Waals surface area contributed by atoms with Crippen molar-refractivity contribution in [2.75, 3.05) is 33.3 Å². The average molecular weight is 485 g/mol. The molecule has 9 nitrogen and oxygen atoms in total. The highest BCUT2D eigenvalue weighted by Crippen LogP contribution is 2.25. The number of amides is 3. The molecule has 10 heteroatoms. The van der Waals surface area contributed by atoms with Crippen LogP contribution in [-0.2, 0) is 29.1 Å². The number of likely N-dealkylation sites (tertiary alicyclic amines) is 1. The van der Waals surface area contributed by atoms with Gasteiger partial charge in [0.15, 0.2) is 0 Å². The van der Waals surface area contributed by atoms with E-state index in [9.17, 15) is 19.2 Å². The van der Waals surface area contributed by atoms with Crippen LogP contribution in [0.2, 0.25) is 0 Å². The summed E-state index contributed by atoms with van der Waals surface area (Å²) in [6.07, 6.45) is 2.16. The fourth-order valence-electron chi connectivity index (χ4n) is 4.57. The van der Waals surface area contributed by atoms with Crippen LogP contribution in [0.15, 0.2) is 41.0 Å². The number of hydrogen-bond acceptors (Lipinski definition) is 6. The van der Waals surface area contributed by atoms with Crippen molar-refractivity contribution in [1.29, 1.82) is 0 Å². The highest BCUT2D eigenvalue weighted by molar-refractivity contribution is 7.09. The average Bonchev–Trinajstić information content (AvgIpc) is 3.41. The monoisotopic (exact) mass is 484 g/mol. The highest BCUT2D eigenvalue weighted by Gasteiger charge is 2.37. The zero-order valence-corrected chi connectivity index (χ0v) is 19.9. The van der Waals surface area contributed by atoms with Crippen molar-refractivity contribution in [1.82, 2.24) is 19.7 Å². The number of carbonyl (C=O) groups excluding carboxylic acids is 3. The summed E-state index contributed by atoms with van der Waals surface area (Å²) in [7, 11) is 1.43.